The van der Waals surface area contributed by atoms with Gasteiger partial charge in [-0.3, -0.25) is 4.79 Å². The van der Waals surface area contributed by atoms with Crippen LogP contribution in [0.4, 0.5) is 0 Å². The molecule has 2 aromatic carbocycles. The Morgan fingerprint density at radius 2 is 2.00 bits per heavy atom. The van der Waals surface area contributed by atoms with Crippen molar-refractivity contribution in [2.24, 2.45) is 0 Å². The van der Waals surface area contributed by atoms with Crippen LogP contribution in [0.15, 0.2) is 47.3 Å². The molecule has 34 heavy (non-hydrogen) atoms. The Hall–Kier alpha value is -3.59. The normalized spacial score (nSPS) is 15.6. The molecule has 8 nitrogen and oxygen atoms in total. The molecule has 1 atom stereocenters. The molecule has 0 spiro atoms. The van der Waals surface area contributed by atoms with Crippen molar-refractivity contribution in [3.63, 3.8) is 0 Å². The van der Waals surface area contributed by atoms with E-state index in [1.165, 1.54) is 15.9 Å². The first-order valence-electron chi connectivity index (χ1n) is 11.4. The van der Waals surface area contributed by atoms with Gasteiger partial charge in [0.25, 0.3) is 5.56 Å². The molecule has 3 heterocycles. The predicted octanol–water partition coefficient (Wildman–Crippen LogP) is 3.79. The summed E-state index contributed by atoms with van der Waals surface area (Å²) in [5, 5.41) is 4.41. The van der Waals surface area contributed by atoms with Crippen molar-refractivity contribution < 1.29 is 18.9 Å². The van der Waals surface area contributed by atoms with E-state index in [1.54, 1.807) is 0 Å². The molecule has 176 valence electrons. The number of hydrogen-bond donors (Lipinski definition) is 0. The molecule has 0 saturated carbocycles. The smallest absolute Gasteiger partial charge is 0.291 e. The Labute approximate surface area is 200 Å². The van der Waals surface area contributed by atoms with E-state index in [1.807, 2.05) is 55.5 Å². The second kappa shape index (κ2) is 9.72. The van der Waals surface area contributed by atoms with Gasteiger partial charge in [0, 0.05) is 0 Å². The molecule has 0 unspecified atom stereocenters. The summed E-state index contributed by atoms with van der Waals surface area (Å²) in [4.78, 5) is 18.0. The van der Waals surface area contributed by atoms with E-state index in [-0.39, 0.29) is 12.2 Å². The van der Waals surface area contributed by atoms with E-state index < -0.39 is 6.10 Å². The molecular weight excluding hydrogens is 454 g/mol. The quantitative estimate of drug-likeness (QED) is 0.356. The lowest BCUT2D eigenvalue weighted by atomic mass is 10.2. The molecule has 0 N–H and O–H groups in total. The SMILES string of the molecule is CCCCOc1ccc(/C=c2\sc3nc([C@H]4COc5ccccc5O4)nn3c2=O)cc1OCC. The third-order valence-corrected chi connectivity index (χ3v) is 6.27. The van der Waals surface area contributed by atoms with Crippen LogP contribution in [0.3, 0.4) is 0 Å². The molecular formula is C25H25N3O5S. The standard InChI is InChI=1S/C25H25N3O5S/c1-3-5-12-31-18-11-10-16(13-20(18)30-4-2)14-22-24(29)28-25(34-22)26-23(27-28)21-15-32-17-8-6-7-9-19(17)33-21/h6-11,13-14,21H,3-5,12,15H2,1-2H3/b22-14-/t21-/m1/s1. The van der Waals surface area contributed by atoms with E-state index >= 15 is 0 Å². The van der Waals surface area contributed by atoms with Crippen LogP contribution in [-0.2, 0) is 0 Å². The van der Waals surface area contributed by atoms with Gasteiger partial charge in [0.2, 0.25) is 4.96 Å². The van der Waals surface area contributed by atoms with Gasteiger partial charge in [-0.05, 0) is 49.2 Å². The van der Waals surface area contributed by atoms with Crippen LogP contribution in [-0.4, -0.2) is 34.4 Å². The van der Waals surface area contributed by atoms with Gasteiger partial charge in [0.1, 0.15) is 6.61 Å². The molecule has 0 aliphatic carbocycles. The minimum atomic E-state index is -0.470. The number of para-hydroxylation sites is 2. The fourth-order valence-corrected chi connectivity index (χ4v) is 4.53. The van der Waals surface area contributed by atoms with Crippen LogP contribution in [0, 0.1) is 0 Å². The number of hydrogen-bond acceptors (Lipinski definition) is 8. The Kier molecular flexibility index (Phi) is 6.35. The Morgan fingerprint density at radius 1 is 1.15 bits per heavy atom. The fourth-order valence-electron chi connectivity index (χ4n) is 3.61. The molecule has 1 aliphatic rings. The Bertz CT molecular complexity index is 1410. The number of benzene rings is 2. The monoisotopic (exact) mass is 479 g/mol. The van der Waals surface area contributed by atoms with E-state index in [0.29, 0.717) is 51.5 Å². The predicted molar refractivity (Wildman–Crippen MR) is 129 cm³/mol. The van der Waals surface area contributed by atoms with Crippen LogP contribution in [0.1, 0.15) is 44.2 Å². The van der Waals surface area contributed by atoms with Gasteiger partial charge in [-0.25, -0.2) is 0 Å². The van der Waals surface area contributed by atoms with Crippen LogP contribution in [0.25, 0.3) is 11.0 Å². The Balaban J connectivity index is 1.41. The van der Waals surface area contributed by atoms with Crippen molar-refractivity contribution in [2.45, 2.75) is 32.8 Å². The zero-order chi connectivity index (χ0) is 23.5. The largest absolute Gasteiger partial charge is 0.490 e. The first-order chi connectivity index (χ1) is 16.7. The van der Waals surface area contributed by atoms with Gasteiger partial charge in [0.15, 0.2) is 34.9 Å². The third kappa shape index (κ3) is 4.43. The Morgan fingerprint density at radius 3 is 2.79 bits per heavy atom. The summed E-state index contributed by atoms with van der Waals surface area (Å²) in [6.07, 6.45) is 3.39. The third-order valence-electron chi connectivity index (χ3n) is 5.32. The highest BCUT2D eigenvalue weighted by atomic mass is 32.1. The summed E-state index contributed by atoms with van der Waals surface area (Å²) < 4.78 is 25.2. The maximum absolute atomic E-state index is 13.0. The summed E-state index contributed by atoms with van der Waals surface area (Å²) >= 11 is 1.28. The molecule has 0 radical (unpaired) electrons. The van der Waals surface area contributed by atoms with Crippen LogP contribution >= 0.6 is 11.3 Å². The maximum Gasteiger partial charge on any atom is 0.291 e. The first-order valence-corrected chi connectivity index (χ1v) is 12.2. The first kappa shape index (κ1) is 22.2. The van der Waals surface area contributed by atoms with Crippen molar-refractivity contribution in [1.82, 2.24) is 14.6 Å². The summed E-state index contributed by atoms with van der Waals surface area (Å²) in [5.74, 6) is 3.13. The number of fused-ring (bicyclic) bond motifs is 2. The van der Waals surface area contributed by atoms with Crippen molar-refractivity contribution in [1.29, 1.82) is 0 Å². The second-order valence-electron chi connectivity index (χ2n) is 7.79. The zero-order valence-corrected chi connectivity index (χ0v) is 19.8. The topological polar surface area (TPSA) is 84.2 Å². The lowest BCUT2D eigenvalue weighted by Crippen LogP contribution is -2.26. The number of aromatic nitrogens is 3. The van der Waals surface area contributed by atoms with Crippen molar-refractivity contribution in [2.75, 3.05) is 19.8 Å². The summed E-state index contributed by atoms with van der Waals surface area (Å²) in [5.41, 5.74) is 0.617. The molecule has 0 saturated heterocycles. The molecule has 0 amide bonds. The number of thiazole rings is 1. The molecule has 9 heteroatoms. The van der Waals surface area contributed by atoms with Gasteiger partial charge in [-0.2, -0.15) is 9.50 Å². The zero-order valence-electron chi connectivity index (χ0n) is 19.0. The van der Waals surface area contributed by atoms with Gasteiger partial charge in [0.05, 0.1) is 17.7 Å². The second-order valence-corrected chi connectivity index (χ2v) is 8.79. The molecule has 4 aromatic rings. The van der Waals surface area contributed by atoms with E-state index in [4.69, 9.17) is 18.9 Å². The van der Waals surface area contributed by atoms with E-state index in [2.05, 4.69) is 17.0 Å². The highest BCUT2D eigenvalue weighted by Gasteiger charge is 2.27. The van der Waals surface area contributed by atoms with Crippen molar-refractivity contribution >= 4 is 22.4 Å². The van der Waals surface area contributed by atoms with Crippen LogP contribution < -0.4 is 29.0 Å². The number of nitrogens with zero attached hydrogens (tertiary/aromatic N) is 3. The van der Waals surface area contributed by atoms with Gasteiger partial charge in [-0.1, -0.05) is 42.9 Å². The summed E-state index contributed by atoms with van der Waals surface area (Å²) in [7, 11) is 0. The van der Waals surface area contributed by atoms with Gasteiger partial charge < -0.3 is 18.9 Å². The molecule has 5 rings (SSSR count). The minimum Gasteiger partial charge on any atom is -0.490 e. The number of unbranched alkanes of at least 4 members (excludes halogenated alkanes) is 1. The highest BCUT2D eigenvalue weighted by Crippen LogP contribution is 2.35. The maximum atomic E-state index is 13.0. The van der Waals surface area contributed by atoms with Crippen LogP contribution in [0.5, 0.6) is 23.0 Å². The minimum absolute atomic E-state index is 0.225. The molecule has 1 aliphatic heterocycles. The average Bonchev–Trinajstić information content (AvgIpc) is 3.39. The lowest BCUT2D eigenvalue weighted by Gasteiger charge is -2.24. The lowest BCUT2D eigenvalue weighted by molar-refractivity contribution is 0.0852. The fraction of sp³-hybridized carbons (Fsp3) is 0.320. The molecule has 0 bridgehead atoms. The average molecular weight is 480 g/mol. The van der Waals surface area contributed by atoms with Gasteiger partial charge in [-0.15, -0.1) is 5.10 Å². The molecule has 0 fully saturated rings. The number of rotatable bonds is 8. The van der Waals surface area contributed by atoms with Gasteiger partial charge >= 0.3 is 0 Å². The summed E-state index contributed by atoms with van der Waals surface area (Å²) in [6.45, 7) is 5.50. The van der Waals surface area contributed by atoms with Crippen molar-refractivity contribution in [3.8, 4) is 23.0 Å². The molecule has 2 aromatic heterocycles. The number of ether oxygens (including phenoxy) is 4. The van der Waals surface area contributed by atoms with Crippen molar-refractivity contribution in [3.05, 3.63) is 68.7 Å². The highest BCUT2D eigenvalue weighted by molar-refractivity contribution is 7.15. The summed E-state index contributed by atoms with van der Waals surface area (Å²) in [6, 6.07) is 13.1. The van der Waals surface area contributed by atoms with E-state index in [0.717, 1.165) is 18.4 Å². The van der Waals surface area contributed by atoms with E-state index in [9.17, 15) is 4.79 Å². The van der Waals surface area contributed by atoms with Crippen LogP contribution in [0.2, 0.25) is 0 Å².